The van der Waals surface area contributed by atoms with Crippen LogP contribution in [0.5, 0.6) is 0 Å². The first-order chi connectivity index (χ1) is 10.2. The van der Waals surface area contributed by atoms with Crippen LogP contribution in [0.15, 0.2) is 48.5 Å². The topological polar surface area (TPSA) is 48.7 Å². The lowest BCUT2D eigenvalue weighted by Crippen LogP contribution is -2.00. The van der Waals surface area contributed by atoms with Crippen molar-refractivity contribution in [2.24, 2.45) is 0 Å². The van der Waals surface area contributed by atoms with Gasteiger partial charge < -0.3 is 5.32 Å². The lowest BCUT2D eigenvalue weighted by Gasteiger charge is -2.11. The molecule has 0 saturated heterocycles. The number of rotatable bonds is 2. The summed E-state index contributed by atoms with van der Waals surface area (Å²) in [7, 11) is 0. The second-order valence-electron chi connectivity index (χ2n) is 5.10. The van der Waals surface area contributed by atoms with E-state index in [0.717, 1.165) is 22.3 Å². The Bertz CT molecular complexity index is 860. The number of pyridine rings is 1. The third-order valence-corrected chi connectivity index (χ3v) is 3.47. The minimum absolute atomic E-state index is 0.591. The Labute approximate surface area is 123 Å². The second-order valence-corrected chi connectivity index (χ2v) is 5.10. The molecule has 0 saturated carbocycles. The summed E-state index contributed by atoms with van der Waals surface area (Å²) in [5.41, 5.74) is 3.36. The van der Waals surface area contributed by atoms with Crippen LogP contribution in [0.4, 0.5) is 11.5 Å². The molecule has 3 aromatic rings. The SMILES string of the molecule is Cc1cc(C)c(C#N)c(Nc2ccc3ccccc3c2)n1. The number of hydrogen-bond donors (Lipinski definition) is 1. The molecule has 0 aliphatic carbocycles. The fourth-order valence-corrected chi connectivity index (χ4v) is 2.47. The van der Waals surface area contributed by atoms with E-state index in [-0.39, 0.29) is 0 Å². The van der Waals surface area contributed by atoms with Crippen molar-refractivity contribution in [1.82, 2.24) is 4.98 Å². The van der Waals surface area contributed by atoms with Crippen molar-refractivity contribution in [2.45, 2.75) is 13.8 Å². The van der Waals surface area contributed by atoms with Crippen LogP contribution < -0.4 is 5.32 Å². The number of nitrogens with one attached hydrogen (secondary N) is 1. The van der Waals surface area contributed by atoms with Gasteiger partial charge in [0.2, 0.25) is 0 Å². The summed E-state index contributed by atoms with van der Waals surface area (Å²) in [5, 5.41) is 14.9. The molecule has 3 rings (SSSR count). The third kappa shape index (κ3) is 2.56. The van der Waals surface area contributed by atoms with Crippen molar-refractivity contribution >= 4 is 22.3 Å². The smallest absolute Gasteiger partial charge is 0.148 e. The summed E-state index contributed by atoms with van der Waals surface area (Å²) in [6, 6.07) is 18.5. The van der Waals surface area contributed by atoms with Gasteiger partial charge in [-0.05, 0) is 48.4 Å². The van der Waals surface area contributed by atoms with E-state index in [1.807, 2.05) is 38.1 Å². The van der Waals surface area contributed by atoms with E-state index in [0.29, 0.717) is 11.4 Å². The summed E-state index contributed by atoms with van der Waals surface area (Å²) < 4.78 is 0. The van der Waals surface area contributed by atoms with Crippen molar-refractivity contribution in [1.29, 1.82) is 5.26 Å². The number of benzene rings is 2. The molecule has 102 valence electrons. The van der Waals surface area contributed by atoms with Gasteiger partial charge in [-0.1, -0.05) is 30.3 Å². The highest BCUT2D eigenvalue weighted by atomic mass is 15.0. The molecule has 3 heteroatoms. The van der Waals surface area contributed by atoms with Gasteiger partial charge in [-0.2, -0.15) is 5.26 Å². The van der Waals surface area contributed by atoms with Gasteiger partial charge in [0, 0.05) is 11.4 Å². The van der Waals surface area contributed by atoms with Crippen LogP contribution >= 0.6 is 0 Å². The molecule has 3 nitrogen and oxygen atoms in total. The number of nitrogens with zero attached hydrogens (tertiary/aromatic N) is 2. The lowest BCUT2D eigenvalue weighted by atomic mass is 10.1. The average molecular weight is 273 g/mol. The maximum atomic E-state index is 9.31. The van der Waals surface area contributed by atoms with Crippen LogP contribution in [0.3, 0.4) is 0 Å². The van der Waals surface area contributed by atoms with Crippen molar-refractivity contribution in [3.63, 3.8) is 0 Å². The van der Waals surface area contributed by atoms with E-state index < -0.39 is 0 Å². The number of hydrogen-bond acceptors (Lipinski definition) is 3. The summed E-state index contributed by atoms with van der Waals surface area (Å²) in [5.74, 6) is 0.616. The fraction of sp³-hybridized carbons (Fsp3) is 0.111. The first-order valence-electron chi connectivity index (χ1n) is 6.81. The Hall–Kier alpha value is -2.86. The zero-order chi connectivity index (χ0) is 14.8. The molecular weight excluding hydrogens is 258 g/mol. The maximum absolute atomic E-state index is 9.31. The van der Waals surface area contributed by atoms with Crippen molar-refractivity contribution in [3.05, 3.63) is 65.4 Å². The quantitative estimate of drug-likeness (QED) is 0.749. The maximum Gasteiger partial charge on any atom is 0.148 e. The molecule has 0 bridgehead atoms. The van der Waals surface area contributed by atoms with Crippen LogP contribution in [-0.2, 0) is 0 Å². The number of anilines is 2. The standard InChI is InChI=1S/C18H15N3/c1-12-9-13(2)20-18(17(12)11-19)21-16-8-7-14-5-3-4-6-15(14)10-16/h3-10H,1-2H3,(H,20,21). The number of fused-ring (bicyclic) bond motifs is 1. The average Bonchev–Trinajstić information content (AvgIpc) is 2.47. The molecule has 0 spiro atoms. The molecule has 0 radical (unpaired) electrons. The molecule has 0 aliphatic rings. The van der Waals surface area contributed by atoms with Crippen LogP contribution in [0, 0.1) is 25.2 Å². The van der Waals surface area contributed by atoms with Gasteiger partial charge in [0.25, 0.3) is 0 Å². The highest BCUT2D eigenvalue weighted by Gasteiger charge is 2.08. The van der Waals surface area contributed by atoms with Crippen LogP contribution in [0.2, 0.25) is 0 Å². The van der Waals surface area contributed by atoms with Gasteiger partial charge in [-0.15, -0.1) is 0 Å². The van der Waals surface area contributed by atoms with E-state index in [4.69, 9.17) is 0 Å². The molecule has 0 atom stereocenters. The van der Waals surface area contributed by atoms with E-state index in [9.17, 15) is 5.26 Å². The Kier molecular flexibility index (Phi) is 3.29. The Balaban J connectivity index is 2.04. The van der Waals surface area contributed by atoms with Gasteiger partial charge in [0.15, 0.2) is 0 Å². The van der Waals surface area contributed by atoms with Crippen molar-refractivity contribution in [3.8, 4) is 6.07 Å². The van der Waals surface area contributed by atoms with Gasteiger partial charge in [-0.25, -0.2) is 4.98 Å². The largest absolute Gasteiger partial charge is 0.339 e. The molecule has 0 amide bonds. The van der Waals surface area contributed by atoms with Crippen LogP contribution in [-0.4, -0.2) is 4.98 Å². The Morgan fingerprint density at radius 3 is 2.52 bits per heavy atom. The van der Waals surface area contributed by atoms with Gasteiger partial charge >= 0.3 is 0 Å². The summed E-state index contributed by atoms with van der Waals surface area (Å²) >= 11 is 0. The minimum Gasteiger partial charge on any atom is -0.339 e. The number of aryl methyl sites for hydroxylation is 2. The molecule has 21 heavy (non-hydrogen) atoms. The Morgan fingerprint density at radius 2 is 1.76 bits per heavy atom. The first kappa shape index (κ1) is 13.1. The van der Waals surface area contributed by atoms with Gasteiger partial charge in [-0.3, -0.25) is 0 Å². The fourth-order valence-electron chi connectivity index (χ4n) is 2.47. The molecule has 1 N–H and O–H groups in total. The molecule has 0 unspecified atom stereocenters. The molecule has 2 aromatic carbocycles. The van der Waals surface area contributed by atoms with E-state index >= 15 is 0 Å². The van der Waals surface area contributed by atoms with Gasteiger partial charge in [0.05, 0.1) is 5.56 Å². The van der Waals surface area contributed by atoms with Crippen LogP contribution in [0.25, 0.3) is 10.8 Å². The van der Waals surface area contributed by atoms with Crippen LogP contribution in [0.1, 0.15) is 16.8 Å². The molecular formula is C18H15N3. The summed E-state index contributed by atoms with van der Waals surface area (Å²) in [6.07, 6.45) is 0. The first-order valence-corrected chi connectivity index (χ1v) is 6.81. The van der Waals surface area contributed by atoms with Gasteiger partial charge in [0.1, 0.15) is 11.9 Å². The number of aromatic nitrogens is 1. The van der Waals surface area contributed by atoms with Crippen molar-refractivity contribution < 1.29 is 0 Å². The zero-order valence-corrected chi connectivity index (χ0v) is 12.0. The lowest BCUT2D eigenvalue weighted by molar-refractivity contribution is 1.16. The van der Waals surface area contributed by atoms with E-state index in [1.165, 1.54) is 5.39 Å². The molecule has 0 fully saturated rings. The normalized spacial score (nSPS) is 10.3. The predicted octanol–water partition coefficient (Wildman–Crippen LogP) is 4.47. The molecule has 1 aromatic heterocycles. The van der Waals surface area contributed by atoms with Crippen molar-refractivity contribution in [2.75, 3.05) is 5.32 Å². The highest BCUT2D eigenvalue weighted by Crippen LogP contribution is 2.24. The minimum atomic E-state index is 0.591. The second kappa shape index (κ2) is 5.26. The summed E-state index contributed by atoms with van der Waals surface area (Å²) in [6.45, 7) is 3.86. The molecule has 0 aliphatic heterocycles. The van der Waals surface area contributed by atoms with E-state index in [2.05, 4.69) is 40.6 Å². The predicted molar refractivity (Wildman–Crippen MR) is 85.7 cm³/mol. The monoisotopic (exact) mass is 273 g/mol. The Morgan fingerprint density at radius 1 is 1.00 bits per heavy atom. The third-order valence-electron chi connectivity index (χ3n) is 3.47. The zero-order valence-electron chi connectivity index (χ0n) is 12.0. The summed E-state index contributed by atoms with van der Waals surface area (Å²) in [4.78, 5) is 4.45. The van der Waals surface area contributed by atoms with E-state index in [1.54, 1.807) is 0 Å². The number of nitriles is 1. The molecule has 1 heterocycles. The highest BCUT2D eigenvalue weighted by molar-refractivity contribution is 5.86.